The number of ketones is 1. The normalized spacial score (nSPS) is 12.6. The number of carboxylic acid groups (broad SMARTS) is 1. The van der Waals surface area contributed by atoms with E-state index in [0.717, 1.165) is 44.9 Å². The number of carbonyl (C=O) groups excluding carboxylic acids is 4. The predicted octanol–water partition coefficient (Wildman–Crippen LogP) is 9.71. The third-order valence-electron chi connectivity index (χ3n) is 11.2. The zero-order chi connectivity index (χ0) is 46.3. The minimum Gasteiger partial charge on any atom is -0.481 e. The van der Waals surface area contributed by atoms with Gasteiger partial charge in [-0.2, -0.15) is 0 Å². The summed E-state index contributed by atoms with van der Waals surface area (Å²) in [5.41, 5.74) is 4.33. The third kappa shape index (κ3) is 24.1. The molecule has 3 N–H and O–H groups in total. The first-order chi connectivity index (χ1) is 30.9. The minimum atomic E-state index is -1.04. The molecule has 3 rings (SSSR count). The van der Waals surface area contributed by atoms with Crippen LogP contribution in [0.15, 0.2) is 48.5 Å². The Bertz CT molecular complexity index is 1610. The lowest BCUT2D eigenvalue weighted by Crippen LogP contribution is -2.27. The molecule has 1 atom stereocenters. The summed E-state index contributed by atoms with van der Waals surface area (Å²) >= 11 is 0. The Morgan fingerprint density at radius 3 is 1.58 bits per heavy atom. The van der Waals surface area contributed by atoms with Gasteiger partial charge in [0.15, 0.2) is 0 Å². The highest BCUT2D eigenvalue weighted by Gasteiger charge is 2.29. The quantitative estimate of drug-likeness (QED) is 0.0435. The minimum absolute atomic E-state index is 0.0270. The van der Waals surface area contributed by atoms with Crippen LogP contribution in [0.25, 0.3) is 11.1 Å². The van der Waals surface area contributed by atoms with Gasteiger partial charge < -0.3 is 39.4 Å². The molecule has 2 amide bonds. The average molecular weight is 895 g/mol. The number of amides is 2. The molecule has 13 heteroatoms. The molecule has 0 bridgehead atoms. The molecule has 0 aromatic heterocycles. The second-order valence-corrected chi connectivity index (χ2v) is 17.8. The van der Waals surface area contributed by atoms with Gasteiger partial charge in [-0.15, -0.1) is 0 Å². The topological polar surface area (TPSA) is 176 Å². The van der Waals surface area contributed by atoms with Gasteiger partial charge in [0.2, 0.25) is 5.91 Å². The summed E-state index contributed by atoms with van der Waals surface area (Å²) in [7, 11) is 0. The standard InChI is InChI=1S/C51H78N2O11/c1-51(2,3)64-48(56)27-15-13-11-9-7-5-4-6-8-10-12-14-22-41(54)38-40(49(57)58)28-29-47(55)52-30-20-32-60-34-36-62-37-35-61-33-21-31-53-50(59)63-39-46-44-25-18-16-23-42(44)43-24-17-19-26-45(43)46/h16-19,23-26,40,46H,4-15,20-22,27-39H2,1-3H3,(H,52,55)(H,53,59)(H,57,58)/t40-/m1/s1. The number of ether oxygens (including phenoxy) is 5. The van der Waals surface area contributed by atoms with Crippen molar-refractivity contribution in [2.75, 3.05) is 59.3 Å². The number of alkyl carbamates (subject to hydrolysis) is 1. The maximum atomic E-state index is 12.5. The fourth-order valence-corrected chi connectivity index (χ4v) is 7.79. The summed E-state index contributed by atoms with van der Waals surface area (Å²) in [6.07, 6.45) is 15.0. The Labute approximate surface area is 382 Å². The van der Waals surface area contributed by atoms with E-state index in [9.17, 15) is 29.1 Å². The van der Waals surface area contributed by atoms with Gasteiger partial charge >= 0.3 is 18.0 Å². The summed E-state index contributed by atoms with van der Waals surface area (Å²) in [6.45, 7) is 9.43. The van der Waals surface area contributed by atoms with Gasteiger partial charge in [0.05, 0.1) is 32.3 Å². The summed E-state index contributed by atoms with van der Waals surface area (Å²) in [6, 6.07) is 16.5. The Hall–Kier alpha value is -4.33. The SMILES string of the molecule is CC(C)(C)OC(=O)CCCCCCCCCCCCCCC(=O)C[C@@H](CCC(=O)NCCCOCCOCCOCCCNC(=O)OCC1c2ccccc2-c2ccccc21)C(=O)O. The van der Waals surface area contributed by atoms with Crippen molar-refractivity contribution in [1.29, 1.82) is 0 Å². The first-order valence-electron chi connectivity index (χ1n) is 24.0. The molecule has 13 nitrogen and oxygen atoms in total. The number of Topliss-reactive ketones (excluding diaryl/α,β-unsaturated/α-hetero) is 1. The lowest BCUT2D eigenvalue weighted by molar-refractivity contribution is -0.155. The van der Waals surface area contributed by atoms with Crippen LogP contribution in [0.5, 0.6) is 0 Å². The van der Waals surface area contributed by atoms with Crippen LogP contribution in [0, 0.1) is 5.92 Å². The average Bonchev–Trinajstić information content (AvgIpc) is 3.58. The first-order valence-corrected chi connectivity index (χ1v) is 24.0. The maximum absolute atomic E-state index is 12.5. The van der Waals surface area contributed by atoms with Crippen molar-refractivity contribution in [3.8, 4) is 11.1 Å². The molecule has 1 aliphatic carbocycles. The van der Waals surface area contributed by atoms with Crippen molar-refractivity contribution in [3.05, 3.63) is 59.7 Å². The van der Waals surface area contributed by atoms with E-state index in [2.05, 4.69) is 34.9 Å². The number of fused-ring (bicyclic) bond motifs is 3. The molecule has 358 valence electrons. The number of esters is 1. The lowest BCUT2D eigenvalue weighted by atomic mass is 9.94. The molecule has 0 radical (unpaired) electrons. The van der Waals surface area contributed by atoms with Gasteiger partial charge in [0.1, 0.15) is 18.0 Å². The number of rotatable bonds is 37. The van der Waals surface area contributed by atoms with Gasteiger partial charge in [-0.05, 0) is 75.1 Å². The number of aliphatic carboxylic acids is 1. The molecule has 0 saturated heterocycles. The van der Waals surface area contributed by atoms with Gasteiger partial charge in [-0.3, -0.25) is 19.2 Å². The van der Waals surface area contributed by atoms with Crippen molar-refractivity contribution in [2.45, 2.75) is 154 Å². The fraction of sp³-hybridized carbons (Fsp3) is 0.667. The van der Waals surface area contributed by atoms with Crippen LogP contribution >= 0.6 is 0 Å². The van der Waals surface area contributed by atoms with Crippen molar-refractivity contribution in [1.82, 2.24) is 10.6 Å². The molecule has 0 fully saturated rings. The second-order valence-electron chi connectivity index (χ2n) is 17.8. The van der Waals surface area contributed by atoms with Gasteiger partial charge in [-0.1, -0.05) is 113 Å². The van der Waals surface area contributed by atoms with E-state index in [1.54, 1.807) is 0 Å². The van der Waals surface area contributed by atoms with Crippen molar-refractivity contribution in [2.24, 2.45) is 5.92 Å². The Morgan fingerprint density at radius 1 is 0.594 bits per heavy atom. The highest BCUT2D eigenvalue weighted by molar-refractivity contribution is 5.84. The van der Waals surface area contributed by atoms with E-state index in [-0.39, 0.29) is 49.4 Å². The summed E-state index contributed by atoms with van der Waals surface area (Å²) < 4.78 is 27.6. The Kier molecular flexibility index (Phi) is 27.3. The third-order valence-corrected chi connectivity index (χ3v) is 11.2. The number of nitrogens with one attached hydrogen (secondary N) is 2. The molecular weight excluding hydrogens is 817 g/mol. The number of benzene rings is 2. The zero-order valence-corrected chi connectivity index (χ0v) is 39.1. The van der Waals surface area contributed by atoms with Crippen LogP contribution in [0.2, 0.25) is 0 Å². The Balaban J connectivity index is 1.04. The first kappa shape index (κ1) is 54.0. The molecule has 64 heavy (non-hydrogen) atoms. The molecule has 0 aliphatic heterocycles. The molecule has 0 heterocycles. The van der Waals surface area contributed by atoms with E-state index in [0.29, 0.717) is 78.4 Å². The predicted molar refractivity (Wildman–Crippen MR) is 248 cm³/mol. The van der Waals surface area contributed by atoms with Crippen LogP contribution < -0.4 is 10.6 Å². The zero-order valence-electron chi connectivity index (χ0n) is 39.1. The van der Waals surface area contributed by atoms with Gasteiger partial charge in [0.25, 0.3) is 0 Å². The molecule has 2 aromatic rings. The fourth-order valence-electron chi connectivity index (χ4n) is 7.79. The highest BCUT2D eigenvalue weighted by atomic mass is 16.6. The van der Waals surface area contributed by atoms with Crippen LogP contribution in [-0.2, 0) is 42.9 Å². The summed E-state index contributed by atoms with van der Waals surface area (Å²) in [4.78, 5) is 60.6. The van der Waals surface area contributed by atoms with E-state index in [1.165, 1.54) is 54.4 Å². The second kappa shape index (κ2) is 32.3. The molecule has 0 saturated carbocycles. The molecular formula is C51H78N2O11. The summed E-state index contributed by atoms with van der Waals surface area (Å²) in [5.74, 6) is -2.25. The van der Waals surface area contributed by atoms with Crippen molar-refractivity contribution in [3.63, 3.8) is 0 Å². The number of unbranched alkanes of at least 4 members (excludes halogenated alkanes) is 11. The number of carboxylic acids is 1. The largest absolute Gasteiger partial charge is 0.481 e. The molecule has 1 aliphatic rings. The number of hydrogen-bond acceptors (Lipinski definition) is 10. The smallest absolute Gasteiger partial charge is 0.407 e. The van der Waals surface area contributed by atoms with Gasteiger partial charge in [-0.25, -0.2) is 4.79 Å². The van der Waals surface area contributed by atoms with E-state index >= 15 is 0 Å². The van der Waals surface area contributed by atoms with Crippen molar-refractivity contribution < 1.29 is 52.8 Å². The van der Waals surface area contributed by atoms with Crippen LogP contribution in [0.3, 0.4) is 0 Å². The van der Waals surface area contributed by atoms with E-state index in [1.807, 2.05) is 45.0 Å². The van der Waals surface area contributed by atoms with Crippen LogP contribution in [0.1, 0.15) is 160 Å². The highest BCUT2D eigenvalue weighted by Crippen LogP contribution is 2.44. The number of hydrogen-bond donors (Lipinski definition) is 3. The maximum Gasteiger partial charge on any atom is 0.407 e. The van der Waals surface area contributed by atoms with Crippen LogP contribution in [-0.4, -0.2) is 99.8 Å². The van der Waals surface area contributed by atoms with Crippen molar-refractivity contribution >= 4 is 29.7 Å². The Morgan fingerprint density at radius 2 is 1.06 bits per heavy atom. The monoisotopic (exact) mass is 895 g/mol. The van der Waals surface area contributed by atoms with E-state index < -0.39 is 23.6 Å². The number of carbonyl (C=O) groups is 5. The van der Waals surface area contributed by atoms with Gasteiger partial charge in [0, 0.05) is 57.9 Å². The molecule has 0 unspecified atom stereocenters. The summed E-state index contributed by atoms with van der Waals surface area (Å²) in [5, 5.41) is 15.2. The van der Waals surface area contributed by atoms with E-state index in [4.69, 9.17) is 23.7 Å². The molecule has 0 spiro atoms. The molecule has 2 aromatic carbocycles. The van der Waals surface area contributed by atoms with Crippen LogP contribution in [0.4, 0.5) is 4.79 Å². The lowest BCUT2D eigenvalue weighted by Gasteiger charge is -2.19.